The maximum atomic E-state index is 11.5. The molecule has 0 bridgehead atoms. The monoisotopic (exact) mass is 260 g/mol. The zero-order chi connectivity index (χ0) is 13.0. The first-order valence-corrected chi connectivity index (χ1v) is 5.89. The zero-order valence-electron chi connectivity index (χ0n) is 8.95. The molecule has 17 heavy (non-hydrogen) atoms. The molecule has 1 aromatic rings. The van der Waals surface area contributed by atoms with Crippen LogP contribution in [0.2, 0.25) is 0 Å². The van der Waals surface area contributed by atoms with Gasteiger partial charge in [0, 0.05) is 6.20 Å². The van der Waals surface area contributed by atoms with Gasteiger partial charge in [-0.2, -0.15) is 0 Å². The molecule has 7 nitrogen and oxygen atoms in total. The van der Waals surface area contributed by atoms with E-state index in [1.165, 1.54) is 11.8 Å². The van der Waals surface area contributed by atoms with Gasteiger partial charge in [0.15, 0.2) is 5.16 Å². The molecule has 2 atom stereocenters. The van der Waals surface area contributed by atoms with Crippen LogP contribution in [0, 0.1) is 0 Å². The topological polar surface area (TPSA) is 124 Å². The number of aliphatic hydroxyl groups excluding tert-OH is 2. The van der Waals surface area contributed by atoms with Crippen LogP contribution >= 0.6 is 11.8 Å². The molecule has 0 saturated heterocycles. The Kier molecular flexibility index (Phi) is 4.67. The third-order valence-electron chi connectivity index (χ3n) is 2.06. The van der Waals surface area contributed by atoms with E-state index in [0.717, 1.165) is 6.20 Å². The number of thioether (sulfide) groups is 1. The predicted octanol–water partition coefficient (Wildman–Crippen LogP) is -0.639. The second kappa shape index (κ2) is 5.80. The molecule has 0 spiro atoms. The van der Waals surface area contributed by atoms with Crippen molar-refractivity contribution in [3.05, 3.63) is 22.1 Å². The lowest BCUT2D eigenvalue weighted by Gasteiger charge is -2.15. The van der Waals surface area contributed by atoms with E-state index < -0.39 is 30.2 Å². The first-order chi connectivity index (χ1) is 7.95. The smallest absolute Gasteiger partial charge is 0.306 e. The number of hydrogen-bond donors (Lipinski definition) is 4. The third-order valence-corrected chi connectivity index (χ3v) is 2.66. The lowest BCUT2D eigenvalue weighted by molar-refractivity contribution is -0.141. The zero-order valence-corrected chi connectivity index (χ0v) is 9.77. The molecule has 1 rings (SSSR count). The Morgan fingerprint density at radius 2 is 2.24 bits per heavy atom. The van der Waals surface area contributed by atoms with Crippen LogP contribution in [-0.4, -0.2) is 43.6 Å². The number of carboxylic acids is 1. The molecule has 94 valence electrons. The Bertz CT molecular complexity index is 461. The minimum atomic E-state index is -1.57. The Morgan fingerprint density at radius 1 is 1.59 bits per heavy atom. The molecule has 0 aromatic carbocycles. The standard InChI is InChI=1S/C9H12N2O5S/c1-17-9-10-3-4(8(16)11-9)7(15)5(12)2-6(13)14/h3,5,7,12,15H,2H2,1H3,(H,13,14)(H,10,11,16). The van der Waals surface area contributed by atoms with Crippen molar-refractivity contribution < 1.29 is 20.1 Å². The van der Waals surface area contributed by atoms with E-state index in [9.17, 15) is 19.8 Å². The number of aliphatic carboxylic acids is 1. The van der Waals surface area contributed by atoms with Crippen molar-refractivity contribution in [1.82, 2.24) is 9.97 Å². The maximum Gasteiger partial charge on any atom is 0.306 e. The van der Waals surface area contributed by atoms with Crippen molar-refractivity contribution in [2.75, 3.05) is 6.26 Å². The van der Waals surface area contributed by atoms with Crippen molar-refractivity contribution in [2.45, 2.75) is 23.8 Å². The predicted molar refractivity (Wildman–Crippen MR) is 59.9 cm³/mol. The van der Waals surface area contributed by atoms with Gasteiger partial charge >= 0.3 is 5.97 Å². The minimum Gasteiger partial charge on any atom is -0.481 e. The fourth-order valence-corrected chi connectivity index (χ4v) is 1.55. The number of carboxylic acid groups (broad SMARTS) is 1. The summed E-state index contributed by atoms with van der Waals surface area (Å²) in [5.41, 5.74) is -0.752. The molecule has 8 heteroatoms. The van der Waals surface area contributed by atoms with Crippen LogP contribution in [0.25, 0.3) is 0 Å². The van der Waals surface area contributed by atoms with Crippen molar-refractivity contribution in [3.8, 4) is 0 Å². The van der Waals surface area contributed by atoms with E-state index in [1.807, 2.05) is 0 Å². The first-order valence-electron chi connectivity index (χ1n) is 4.66. The molecule has 0 aliphatic heterocycles. The van der Waals surface area contributed by atoms with Crippen LogP contribution in [0.3, 0.4) is 0 Å². The summed E-state index contributed by atoms with van der Waals surface area (Å²) in [6, 6.07) is 0. The van der Waals surface area contributed by atoms with Crippen molar-refractivity contribution >= 4 is 17.7 Å². The summed E-state index contributed by atoms with van der Waals surface area (Å²) in [7, 11) is 0. The van der Waals surface area contributed by atoms with Crippen LogP contribution in [0.1, 0.15) is 18.1 Å². The van der Waals surface area contributed by atoms with Gasteiger partial charge in [-0.1, -0.05) is 11.8 Å². The molecule has 0 radical (unpaired) electrons. The van der Waals surface area contributed by atoms with Gasteiger partial charge in [-0.05, 0) is 6.26 Å². The van der Waals surface area contributed by atoms with Gasteiger partial charge in [0.1, 0.15) is 6.10 Å². The number of rotatable bonds is 5. The Balaban J connectivity index is 2.92. The van der Waals surface area contributed by atoms with Crippen molar-refractivity contribution in [1.29, 1.82) is 0 Å². The highest BCUT2D eigenvalue weighted by atomic mass is 32.2. The Hall–Kier alpha value is -1.38. The summed E-state index contributed by atoms with van der Waals surface area (Å²) in [6.45, 7) is 0. The largest absolute Gasteiger partial charge is 0.481 e. The molecule has 0 fully saturated rings. The molecular weight excluding hydrogens is 248 g/mol. The van der Waals surface area contributed by atoms with E-state index in [2.05, 4.69) is 9.97 Å². The third kappa shape index (κ3) is 3.55. The SMILES string of the molecule is CSc1ncc(C(O)C(O)CC(=O)O)c(=O)[nH]1. The molecule has 0 amide bonds. The lowest BCUT2D eigenvalue weighted by atomic mass is 10.1. The van der Waals surface area contributed by atoms with Gasteiger partial charge in [-0.15, -0.1) is 0 Å². The van der Waals surface area contributed by atoms with E-state index in [0.29, 0.717) is 5.16 Å². The van der Waals surface area contributed by atoms with Crippen LogP contribution in [-0.2, 0) is 4.79 Å². The summed E-state index contributed by atoms with van der Waals surface area (Å²) < 4.78 is 0. The highest BCUT2D eigenvalue weighted by molar-refractivity contribution is 7.98. The molecule has 0 saturated carbocycles. The fraction of sp³-hybridized carbons (Fsp3) is 0.444. The van der Waals surface area contributed by atoms with Gasteiger partial charge < -0.3 is 20.3 Å². The fourth-order valence-electron chi connectivity index (χ4n) is 1.20. The van der Waals surface area contributed by atoms with Gasteiger partial charge in [0.05, 0.1) is 18.1 Å². The first kappa shape index (κ1) is 13.7. The molecular formula is C9H12N2O5S. The van der Waals surface area contributed by atoms with E-state index >= 15 is 0 Å². The number of nitrogens with zero attached hydrogens (tertiary/aromatic N) is 1. The van der Waals surface area contributed by atoms with Crippen LogP contribution in [0.15, 0.2) is 16.1 Å². The number of nitrogens with one attached hydrogen (secondary N) is 1. The summed E-state index contributed by atoms with van der Waals surface area (Å²) >= 11 is 1.22. The minimum absolute atomic E-state index is 0.156. The Morgan fingerprint density at radius 3 is 2.71 bits per heavy atom. The number of carbonyl (C=O) groups is 1. The molecule has 2 unspecified atom stereocenters. The van der Waals surface area contributed by atoms with Gasteiger partial charge in [0.2, 0.25) is 0 Å². The highest BCUT2D eigenvalue weighted by Gasteiger charge is 2.23. The Labute approximate surface area is 101 Å². The normalized spacial score (nSPS) is 14.3. The average molecular weight is 260 g/mol. The summed E-state index contributed by atoms with van der Waals surface area (Å²) in [4.78, 5) is 28.1. The maximum absolute atomic E-state index is 11.5. The second-order valence-corrected chi connectivity index (χ2v) is 4.08. The number of H-pyrrole nitrogens is 1. The number of aliphatic hydroxyl groups is 2. The summed E-state index contributed by atoms with van der Waals surface area (Å²) in [6.07, 6.45) is -0.923. The number of aromatic nitrogens is 2. The van der Waals surface area contributed by atoms with E-state index in [-0.39, 0.29) is 5.56 Å². The van der Waals surface area contributed by atoms with E-state index in [1.54, 1.807) is 6.26 Å². The molecule has 0 aliphatic rings. The van der Waals surface area contributed by atoms with Crippen LogP contribution < -0.4 is 5.56 Å². The molecule has 1 aromatic heterocycles. The van der Waals surface area contributed by atoms with Crippen LogP contribution in [0.5, 0.6) is 0 Å². The van der Waals surface area contributed by atoms with Crippen LogP contribution in [0.4, 0.5) is 0 Å². The molecule has 4 N–H and O–H groups in total. The van der Waals surface area contributed by atoms with Gasteiger partial charge in [-0.25, -0.2) is 4.98 Å². The molecule has 0 aliphatic carbocycles. The average Bonchev–Trinajstić information content (AvgIpc) is 2.27. The number of aromatic amines is 1. The summed E-state index contributed by atoms with van der Waals surface area (Å²) in [5, 5.41) is 27.8. The summed E-state index contributed by atoms with van der Waals surface area (Å²) in [5.74, 6) is -1.26. The van der Waals surface area contributed by atoms with Crippen molar-refractivity contribution in [2.24, 2.45) is 0 Å². The van der Waals surface area contributed by atoms with Crippen molar-refractivity contribution in [3.63, 3.8) is 0 Å². The lowest BCUT2D eigenvalue weighted by Crippen LogP contribution is -2.27. The molecule has 1 heterocycles. The van der Waals surface area contributed by atoms with Gasteiger partial charge in [-0.3, -0.25) is 9.59 Å². The number of hydrogen-bond acceptors (Lipinski definition) is 6. The second-order valence-electron chi connectivity index (χ2n) is 3.29. The van der Waals surface area contributed by atoms with E-state index in [4.69, 9.17) is 5.11 Å². The van der Waals surface area contributed by atoms with Gasteiger partial charge in [0.25, 0.3) is 5.56 Å². The highest BCUT2D eigenvalue weighted by Crippen LogP contribution is 2.15. The quantitative estimate of drug-likeness (QED) is 0.410.